The maximum Gasteiger partial charge on any atom is 0.407 e. The van der Waals surface area contributed by atoms with Gasteiger partial charge in [0.05, 0.1) is 17.6 Å². The van der Waals surface area contributed by atoms with E-state index < -0.39 is 0 Å². The summed E-state index contributed by atoms with van der Waals surface area (Å²) >= 11 is 0. The van der Waals surface area contributed by atoms with Gasteiger partial charge in [-0.15, -0.1) is 0 Å². The zero-order valence-corrected chi connectivity index (χ0v) is 9.69. The Labute approximate surface area is 99.2 Å². The van der Waals surface area contributed by atoms with Crippen molar-refractivity contribution >= 4 is 17.1 Å². The lowest BCUT2D eigenvalue weighted by atomic mass is 10.3. The van der Waals surface area contributed by atoms with Gasteiger partial charge in [-0.05, 0) is 19.1 Å². The van der Waals surface area contributed by atoms with Crippen LogP contribution >= 0.6 is 0 Å². The van der Waals surface area contributed by atoms with Gasteiger partial charge in [0.15, 0.2) is 0 Å². The molecule has 2 aromatic rings. The highest BCUT2D eigenvalue weighted by Gasteiger charge is 2.03. The molecule has 1 amide bonds. The number of ether oxygens (including phenoxy) is 1. The minimum absolute atomic E-state index is 0.385. The van der Waals surface area contributed by atoms with Crippen molar-refractivity contribution in [2.75, 3.05) is 13.2 Å². The van der Waals surface area contributed by atoms with Gasteiger partial charge in [0.25, 0.3) is 0 Å². The van der Waals surface area contributed by atoms with E-state index >= 15 is 0 Å². The second kappa shape index (κ2) is 5.34. The Balaban J connectivity index is 1.89. The van der Waals surface area contributed by atoms with Crippen LogP contribution in [0.25, 0.3) is 11.0 Å². The number of imidazole rings is 1. The van der Waals surface area contributed by atoms with Crippen molar-refractivity contribution in [3.63, 3.8) is 0 Å². The van der Waals surface area contributed by atoms with Gasteiger partial charge in [-0.1, -0.05) is 12.1 Å². The first-order chi connectivity index (χ1) is 8.29. The number of hydrogen-bond acceptors (Lipinski definition) is 3. The van der Waals surface area contributed by atoms with Crippen LogP contribution in [0.2, 0.25) is 0 Å². The van der Waals surface area contributed by atoms with E-state index in [9.17, 15) is 4.79 Å². The van der Waals surface area contributed by atoms with Crippen LogP contribution in [0.1, 0.15) is 12.7 Å². The fraction of sp³-hybridized carbons (Fsp3) is 0.333. The SMILES string of the molecule is CCOC(=O)NCCc1nc2ccccc2[nH]1. The number of amides is 1. The highest BCUT2D eigenvalue weighted by atomic mass is 16.5. The number of H-pyrrole nitrogens is 1. The van der Waals surface area contributed by atoms with Gasteiger partial charge < -0.3 is 15.0 Å². The second-order valence-electron chi connectivity index (χ2n) is 3.60. The van der Waals surface area contributed by atoms with E-state index in [0.29, 0.717) is 19.6 Å². The van der Waals surface area contributed by atoms with E-state index in [2.05, 4.69) is 15.3 Å². The maximum absolute atomic E-state index is 11.0. The third-order valence-corrected chi connectivity index (χ3v) is 2.34. The van der Waals surface area contributed by atoms with E-state index in [1.165, 1.54) is 0 Å². The minimum Gasteiger partial charge on any atom is -0.450 e. The molecular weight excluding hydrogens is 218 g/mol. The average molecular weight is 233 g/mol. The summed E-state index contributed by atoms with van der Waals surface area (Å²) in [7, 11) is 0. The van der Waals surface area contributed by atoms with Gasteiger partial charge in [0.1, 0.15) is 5.82 Å². The van der Waals surface area contributed by atoms with Crippen molar-refractivity contribution in [2.24, 2.45) is 0 Å². The van der Waals surface area contributed by atoms with E-state index in [1.54, 1.807) is 6.92 Å². The minimum atomic E-state index is -0.386. The predicted molar refractivity (Wildman–Crippen MR) is 64.8 cm³/mol. The summed E-state index contributed by atoms with van der Waals surface area (Å²) in [6, 6.07) is 7.84. The number of aromatic nitrogens is 2. The van der Waals surface area contributed by atoms with Crippen molar-refractivity contribution in [1.82, 2.24) is 15.3 Å². The normalized spacial score (nSPS) is 10.4. The standard InChI is InChI=1S/C12H15N3O2/c1-2-17-12(16)13-8-7-11-14-9-5-3-4-6-10(9)15-11/h3-6H,2,7-8H2,1H3,(H,13,16)(H,14,15). The van der Waals surface area contributed by atoms with Gasteiger partial charge in [-0.25, -0.2) is 9.78 Å². The van der Waals surface area contributed by atoms with Gasteiger partial charge in [-0.2, -0.15) is 0 Å². The lowest BCUT2D eigenvalue weighted by molar-refractivity contribution is 0.152. The number of carbonyl (C=O) groups excluding carboxylic acids is 1. The molecule has 0 radical (unpaired) electrons. The fourth-order valence-electron chi connectivity index (χ4n) is 1.59. The van der Waals surface area contributed by atoms with Crippen LogP contribution < -0.4 is 5.32 Å². The number of hydrogen-bond donors (Lipinski definition) is 2. The first-order valence-electron chi connectivity index (χ1n) is 5.64. The number of para-hydroxylation sites is 2. The molecule has 90 valence electrons. The Morgan fingerprint density at radius 2 is 2.29 bits per heavy atom. The number of alkyl carbamates (subject to hydrolysis) is 1. The van der Waals surface area contributed by atoms with Gasteiger partial charge in [0.2, 0.25) is 0 Å². The highest BCUT2D eigenvalue weighted by Crippen LogP contribution is 2.10. The zero-order chi connectivity index (χ0) is 12.1. The third kappa shape index (κ3) is 2.96. The van der Waals surface area contributed by atoms with Crippen LogP contribution in [-0.4, -0.2) is 29.2 Å². The molecule has 0 aliphatic carbocycles. The molecule has 5 nitrogen and oxygen atoms in total. The average Bonchev–Trinajstić information content (AvgIpc) is 2.71. The van der Waals surface area contributed by atoms with E-state index in [-0.39, 0.29) is 6.09 Å². The van der Waals surface area contributed by atoms with Crippen molar-refractivity contribution in [3.05, 3.63) is 30.1 Å². The Hall–Kier alpha value is -2.04. The topological polar surface area (TPSA) is 67.0 Å². The number of aromatic amines is 1. The van der Waals surface area contributed by atoms with Crippen molar-refractivity contribution in [2.45, 2.75) is 13.3 Å². The molecule has 0 saturated heterocycles. The molecule has 0 bridgehead atoms. The Kier molecular flexibility index (Phi) is 3.59. The van der Waals surface area contributed by atoms with Crippen LogP contribution in [0.4, 0.5) is 4.79 Å². The molecule has 2 rings (SSSR count). The highest BCUT2D eigenvalue weighted by molar-refractivity contribution is 5.74. The van der Waals surface area contributed by atoms with Crippen LogP contribution in [0.3, 0.4) is 0 Å². The summed E-state index contributed by atoms with van der Waals surface area (Å²) in [5.41, 5.74) is 1.96. The van der Waals surface area contributed by atoms with Crippen molar-refractivity contribution < 1.29 is 9.53 Å². The number of carbonyl (C=O) groups is 1. The van der Waals surface area contributed by atoms with Crippen LogP contribution in [0, 0.1) is 0 Å². The third-order valence-electron chi connectivity index (χ3n) is 2.34. The molecular formula is C12H15N3O2. The molecule has 0 unspecified atom stereocenters. The molecule has 0 atom stereocenters. The van der Waals surface area contributed by atoms with Crippen LogP contribution in [-0.2, 0) is 11.2 Å². The van der Waals surface area contributed by atoms with E-state index in [0.717, 1.165) is 16.9 Å². The maximum atomic E-state index is 11.0. The molecule has 0 spiro atoms. The van der Waals surface area contributed by atoms with Crippen LogP contribution in [0.15, 0.2) is 24.3 Å². The van der Waals surface area contributed by atoms with Crippen LogP contribution in [0.5, 0.6) is 0 Å². The smallest absolute Gasteiger partial charge is 0.407 e. The summed E-state index contributed by atoms with van der Waals surface area (Å²) in [6.45, 7) is 2.67. The summed E-state index contributed by atoms with van der Waals surface area (Å²) in [4.78, 5) is 18.6. The Morgan fingerprint density at radius 1 is 1.47 bits per heavy atom. The molecule has 0 aliphatic rings. The second-order valence-corrected chi connectivity index (χ2v) is 3.60. The number of rotatable bonds is 4. The fourth-order valence-corrected chi connectivity index (χ4v) is 1.59. The predicted octanol–water partition coefficient (Wildman–Crippen LogP) is 1.85. The first kappa shape index (κ1) is 11.4. The Morgan fingerprint density at radius 3 is 3.06 bits per heavy atom. The molecule has 0 aliphatic heterocycles. The number of nitrogens with zero attached hydrogens (tertiary/aromatic N) is 1. The lowest BCUT2D eigenvalue weighted by Gasteiger charge is -2.02. The summed E-state index contributed by atoms with van der Waals surface area (Å²) in [5, 5.41) is 2.66. The molecule has 0 saturated carbocycles. The monoisotopic (exact) mass is 233 g/mol. The van der Waals surface area contributed by atoms with E-state index in [1.807, 2.05) is 24.3 Å². The molecule has 1 aromatic carbocycles. The molecule has 1 aromatic heterocycles. The molecule has 1 heterocycles. The van der Waals surface area contributed by atoms with Gasteiger partial charge >= 0.3 is 6.09 Å². The summed E-state index contributed by atoms with van der Waals surface area (Å²) in [6.07, 6.45) is 0.275. The lowest BCUT2D eigenvalue weighted by Crippen LogP contribution is -2.26. The quantitative estimate of drug-likeness (QED) is 0.846. The molecule has 5 heteroatoms. The largest absolute Gasteiger partial charge is 0.450 e. The van der Waals surface area contributed by atoms with E-state index in [4.69, 9.17) is 4.74 Å². The molecule has 17 heavy (non-hydrogen) atoms. The number of benzene rings is 1. The Bertz CT molecular complexity index is 474. The zero-order valence-electron chi connectivity index (χ0n) is 9.69. The van der Waals surface area contributed by atoms with Gasteiger partial charge in [0, 0.05) is 13.0 Å². The summed E-state index contributed by atoms with van der Waals surface area (Å²) < 4.78 is 4.76. The van der Waals surface area contributed by atoms with Gasteiger partial charge in [-0.3, -0.25) is 0 Å². The van der Waals surface area contributed by atoms with Crippen molar-refractivity contribution in [3.8, 4) is 0 Å². The summed E-state index contributed by atoms with van der Waals surface area (Å²) in [5.74, 6) is 0.864. The number of nitrogens with one attached hydrogen (secondary N) is 2. The molecule has 2 N–H and O–H groups in total. The first-order valence-corrected chi connectivity index (χ1v) is 5.64. The van der Waals surface area contributed by atoms with Crippen molar-refractivity contribution in [1.29, 1.82) is 0 Å². The molecule has 0 fully saturated rings. The number of fused-ring (bicyclic) bond motifs is 1.